The van der Waals surface area contributed by atoms with E-state index in [1.165, 1.54) is 12.1 Å². The van der Waals surface area contributed by atoms with Crippen LogP contribution in [-0.2, 0) is 0 Å². The number of halogens is 1. The molecule has 3 nitrogen and oxygen atoms in total. The Bertz CT molecular complexity index is 297. The topological polar surface area (TPSA) is 57.5 Å². The van der Waals surface area contributed by atoms with Crippen molar-refractivity contribution >= 4 is 34.3 Å². The fourth-order valence-electron chi connectivity index (χ4n) is 0.918. The van der Waals surface area contributed by atoms with Crippen LogP contribution in [0, 0.1) is 0 Å². The zero-order valence-electron chi connectivity index (χ0n) is 6.77. The molecule has 68 valence electrons. The monoisotopic (exact) mass is 242 g/mol. The average Bonchev–Trinajstić information content (AvgIpc) is 2.17. The fourth-order valence-corrected chi connectivity index (χ4v) is 1.24. The van der Waals surface area contributed by atoms with Crippen molar-refractivity contribution in [2.45, 2.75) is 0 Å². The standard InChI is InChI=1S/C8H8BBrO3/c10-5-8(11)6-1-3-7(4-2-6)9(12)13/h1-4,12-13H,5H2. The molecule has 0 fully saturated rings. The van der Waals surface area contributed by atoms with Gasteiger partial charge in [-0.2, -0.15) is 0 Å². The summed E-state index contributed by atoms with van der Waals surface area (Å²) in [5.74, 6) is -0.0287. The molecule has 0 saturated heterocycles. The van der Waals surface area contributed by atoms with Crippen molar-refractivity contribution in [3.63, 3.8) is 0 Å². The third-order valence-corrected chi connectivity index (χ3v) is 2.16. The summed E-state index contributed by atoms with van der Waals surface area (Å²) in [4.78, 5) is 11.1. The van der Waals surface area contributed by atoms with Gasteiger partial charge in [-0.25, -0.2) is 0 Å². The van der Waals surface area contributed by atoms with Gasteiger partial charge in [0.15, 0.2) is 5.78 Å². The predicted molar refractivity (Wildman–Crippen MR) is 54.4 cm³/mol. The number of alkyl halides is 1. The molecule has 0 atom stereocenters. The van der Waals surface area contributed by atoms with E-state index in [0.29, 0.717) is 11.0 Å². The number of ketones is 1. The van der Waals surface area contributed by atoms with Gasteiger partial charge in [0.25, 0.3) is 0 Å². The van der Waals surface area contributed by atoms with Crippen molar-refractivity contribution in [1.29, 1.82) is 0 Å². The third-order valence-electron chi connectivity index (χ3n) is 1.65. The molecule has 0 radical (unpaired) electrons. The van der Waals surface area contributed by atoms with E-state index in [-0.39, 0.29) is 11.1 Å². The van der Waals surface area contributed by atoms with Gasteiger partial charge in [0.05, 0.1) is 5.33 Å². The van der Waals surface area contributed by atoms with Crippen LogP contribution < -0.4 is 5.46 Å². The van der Waals surface area contributed by atoms with Gasteiger partial charge in [-0.3, -0.25) is 4.79 Å². The smallest absolute Gasteiger partial charge is 0.423 e. The van der Waals surface area contributed by atoms with Gasteiger partial charge in [0.1, 0.15) is 0 Å². The van der Waals surface area contributed by atoms with Gasteiger partial charge in [-0.15, -0.1) is 0 Å². The molecule has 0 saturated carbocycles. The lowest BCUT2D eigenvalue weighted by molar-refractivity contribution is 0.102. The minimum Gasteiger partial charge on any atom is -0.423 e. The van der Waals surface area contributed by atoms with Crippen molar-refractivity contribution in [3.05, 3.63) is 29.8 Å². The van der Waals surface area contributed by atoms with Crippen molar-refractivity contribution in [2.24, 2.45) is 0 Å². The molecule has 5 heteroatoms. The van der Waals surface area contributed by atoms with Crippen molar-refractivity contribution in [2.75, 3.05) is 5.33 Å². The Labute approximate surface area is 84.7 Å². The second-order valence-electron chi connectivity index (χ2n) is 2.55. The van der Waals surface area contributed by atoms with Gasteiger partial charge in [0, 0.05) is 5.56 Å². The van der Waals surface area contributed by atoms with E-state index in [2.05, 4.69) is 15.9 Å². The van der Waals surface area contributed by atoms with Gasteiger partial charge in [0.2, 0.25) is 0 Å². The maximum Gasteiger partial charge on any atom is 0.488 e. The third kappa shape index (κ3) is 2.65. The molecule has 0 amide bonds. The van der Waals surface area contributed by atoms with E-state index in [4.69, 9.17) is 10.0 Å². The van der Waals surface area contributed by atoms with E-state index >= 15 is 0 Å². The summed E-state index contributed by atoms with van der Waals surface area (Å²) in [5, 5.41) is 17.8. The molecule has 1 aromatic carbocycles. The first-order chi connectivity index (χ1) is 6.15. The Balaban J connectivity index is 2.87. The quantitative estimate of drug-likeness (QED) is 0.444. The highest BCUT2D eigenvalue weighted by Gasteiger charge is 2.11. The minimum absolute atomic E-state index is 0.0287. The Morgan fingerprint density at radius 2 is 1.85 bits per heavy atom. The molecule has 0 aromatic heterocycles. The Morgan fingerprint density at radius 3 is 2.23 bits per heavy atom. The van der Waals surface area contributed by atoms with Crippen LogP contribution in [0.4, 0.5) is 0 Å². The van der Waals surface area contributed by atoms with Gasteiger partial charge >= 0.3 is 7.12 Å². The van der Waals surface area contributed by atoms with Crippen LogP contribution in [0.15, 0.2) is 24.3 Å². The zero-order valence-corrected chi connectivity index (χ0v) is 8.36. The van der Waals surface area contributed by atoms with Crippen LogP contribution in [0.1, 0.15) is 10.4 Å². The molecule has 0 aliphatic heterocycles. The predicted octanol–water partition coefficient (Wildman–Crippen LogP) is -0.0560. The van der Waals surface area contributed by atoms with Gasteiger partial charge in [-0.05, 0) is 5.46 Å². The van der Waals surface area contributed by atoms with E-state index in [1.54, 1.807) is 12.1 Å². The molecule has 0 bridgehead atoms. The first kappa shape index (κ1) is 10.4. The Morgan fingerprint density at radius 1 is 1.31 bits per heavy atom. The molecule has 1 rings (SSSR count). The van der Waals surface area contributed by atoms with Crippen LogP contribution >= 0.6 is 15.9 Å². The highest BCUT2D eigenvalue weighted by Crippen LogP contribution is 2.00. The number of hydrogen-bond acceptors (Lipinski definition) is 3. The normalized spacial score (nSPS) is 9.77. The lowest BCUT2D eigenvalue weighted by Crippen LogP contribution is -2.29. The molecular formula is C8H8BBrO3. The first-order valence-electron chi connectivity index (χ1n) is 3.70. The first-order valence-corrected chi connectivity index (χ1v) is 4.82. The molecule has 1 aromatic rings. The molecular weight excluding hydrogens is 235 g/mol. The Kier molecular flexibility index (Phi) is 3.65. The van der Waals surface area contributed by atoms with Crippen LogP contribution in [-0.4, -0.2) is 28.3 Å². The summed E-state index contributed by atoms with van der Waals surface area (Å²) in [7, 11) is -1.48. The number of carbonyl (C=O) groups is 1. The number of hydrogen-bond donors (Lipinski definition) is 2. The van der Waals surface area contributed by atoms with Crippen molar-refractivity contribution < 1.29 is 14.8 Å². The van der Waals surface area contributed by atoms with Gasteiger partial charge < -0.3 is 10.0 Å². The van der Waals surface area contributed by atoms with E-state index in [0.717, 1.165) is 0 Å². The molecule has 0 heterocycles. The number of Topliss-reactive ketones (excluding diaryl/α,β-unsaturated/α-hetero) is 1. The van der Waals surface area contributed by atoms with Gasteiger partial charge in [-0.1, -0.05) is 40.2 Å². The van der Waals surface area contributed by atoms with Crippen LogP contribution in [0.5, 0.6) is 0 Å². The molecule has 0 aliphatic carbocycles. The molecule has 2 N–H and O–H groups in total. The summed E-state index contributed by atoms with van der Waals surface area (Å²) < 4.78 is 0. The Hall–Kier alpha value is -0.645. The number of rotatable bonds is 3. The second-order valence-corrected chi connectivity index (χ2v) is 3.11. The zero-order chi connectivity index (χ0) is 9.84. The number of carbonyl (C=O) groups excluding carboxylic acids is 1. The van der Waals surface area contributed by atoms with E-state index in [9.17, 15) is 4.79 Å². The van der Waals surface area contributed by atoms with Crippen LogP contribution in [0.3, 0.4) is 0 Å². The summed E-state index contributed by atoms with van der Waals surface area (Å²) in [6.45, 7) is 0. The fraction of sp³-hybridized carbons (Fsp3) is 0.125. The molecule has 0 aliphatic rings. The minimum atomic E-state index is -1.48. The van der Waals surface area contributed by atoms with E-state index < -0.39 is 7.12 Å². The lowest BCUT2D eigenvalue weighted by Gasteiger charge is -2.00. The van der Waals surface area contributed by atoms with E-state index in [1.807, 2.05) is 0 Å². The molecule has 0 unspecified atom stereocenters. The maximum absolute atomic E-state index is 11.1. The SMILES string of the molecule is O=C(CBr)c1ccc(B(O)O)cc1. The largest absolute Gasteiger partial charge is 0.488 e. The number of benzene rings is 1. The summed E-state index contributed by atoms with van der Waals surface area (Å²) >= 11 is 3.05. The maximum atomic E-state index is 11.1. The lowest BCUT2D eigenvalue weighted by atomic mass is 9.80. The molecule has 0 spiro atoms. The highest BCUT2D eigenvalue weighted by molar-refractivity contribution is 9.09. The molecule has 13 heavy (non-hydrogen) atoms. The summed E-state index contributed by atoms with van der Waals surface area (Å²) in [6.07, 6.45) is 0. The average molecular weight is 243 g/mol. The van der Waals surface area contributed by atoms with Crippen molar-refractivity contribution in [3.8, 4) is 0 Å². The van der Waals surface area contributed by atoms with Crippen LogP contribution in [0.25, 0.3) is 0 Å². The summed E-state index contributed by atoms with van der Waals surface area (Å²) in [6, 6.07) is 6.16. The second kappa shape index (κ2) is 4.55. The van der Waals surface area contributed by atoms with Crippen LogP contribution in [0.2, 0.25) is 0 Å². The summed E-state index contributed by atoms with van der Waals surface area (Å²) in [5.41, 5.74) is 0.937. The van der Waals surface area contributed by atoms with Crippen molar-refractivity contribution in [1.82, 2.24) is 0 Å². The highest BCUT2D eigenvalue weighted by atomic mass is 79.9.